The first kappa shape index (κ1) is 44.5. The molecule has 0 unspecified atom stereocenters. The summed E-state index contributed by atoms with van der Waals surface area (Å²) in [7, 11) is 1.87. The molecule has 0 atom stereocenters. The molecule has 3 aliphatic rings. The van der Waals surface area contributed by atoms with Crippen molar-refractivity contribution < 1.29 is 36.9 Å². The van der Waals surface area contributed by atoms with E-state index in [0.29, 0.717) is 76.9 Å². The molecule has 8 rings (SSSR count). The van der Waals surface area contributed by atoms with E-state index in [1.54, 1.807) is 17.3 Å². The van der Waals surface area contributed by atoms with Crippen LogP contribution in [0.2, 0.25) is 0 Å². The second-order valence-electron chi connectivity index (χ2n) is 18.1. The Hall–Kier alpha value is -5.07. The number of piperazine rings is 1. The molecular weight excluding hydrogens is 818 g/mol. The molecule has 0 N–H and O–H groups in total. The molecule has 6 heterocycles. The number of fused-ring (bicyclic) bond motifs is 1. The molecule has 63 heavy (non-hydrogen) atoms. The first-order valence-electron chi connectivity index (χ1n) is 21.7. The van der Waals surface area contributed by atoms with Gasteiger partial charge in [-0.3, -0.25) is 18.8 Å². The van der Waals surface area contributed by atoms with Crippen molar-refractivity contribution in [1.29, 1.82) is 0 Å². The van der Waals surface area contributed by atoms with Crippen LogP contribution in [0, 0.1) is 0 Å². The quantitative estimate of drug-likeness (QED) is 0.123. The van der Waals surface area contributed by atoms with E-state index in [2.05, 4.69) is 44.3 Å². The number of likely N-dealkylation sites (tertiary alicyclic amines) is 1. The molecule has 0 spiro atoms. The minimum Gasteiger partial charge on any atom is -0.444 e. The van der Waals surface area contributed by atoms with Crippen LogP contribution in [0.15, 0.2) is 78.1 Å². The minimum atomic E-state index is -4.67. The number of pyridine rings is 1. The van der Waals surface area contributed by atoms with Gasteiger partial charge in [-0.2, -0.15) is 13.2 Å². The number of benzene rings is 2. The van der Waals surface area contributed by atoms with Crippen LogP contribution < -0.4 is 5.69 Å². The normalized spacial score (nSPS) is 17.9. The van der Waals surface area contributed by atoms with Crippen LogP contribution in [0.1, 0.15) is 67.3 Å². The van der Waals surface area contributed by atoms with Crippen molar-refractivity contribution in [2.24, 2.45) is 7.05 Å². The largest absolute Gasteiger partial charge is 0.444 e. The van der Waals surface area contributed by atoms with Crippen molar-refractivity contribution >= 4 is 11.6 Å². The molecule has 14 nitrogen and oxygen atoms in total. The third-order valence-corrected chi connectivity index (χ3v) is 12.2. The molecule has 17 heteroatoms. The van der Waals surface area contributed by atoms with Crippen LogP contribution in [0.3, 0.4) is 0 Å². The predicted octanol–water partition coefficient (Wildman–Crippen LogP) is 6.00. The number of alkyl halides is 3. The molecule has 5 aromatic rings. The van der Waals surface area contributed by atoms with Gasteiger partial charge in [0.05, 0.1) is 55.9 Å². The zero-order valence-corrected chi connectivity index (χ0v) is 36.5. The van der Waals surface area contributed by atoms with Gasteiger partial charge >= 0.3 is 18.0 Å². The second kappa shape index (κ2) is 18.6. The Bertz CT molecular complexity index is 2400. The molecule has 3 aromatic heterocycles. The van der Waals surface area contributed by atoms with Gasteiger partial charge in [0.15, 0.2) is 0 Å². The van der Waals surface area contributed by atoms with Crippen molar-refractivity contribution in [2.45, 2.75) is 83.0 Å². The number of piperidine rings is 1. The number of aromatic nitrogens is 5. The minimum absolute atomic E-state index is 0.0294. The number of halogens is 3. The van der Waals surface area contributed by atoms with Crippen LogP contribution in [0.5, 0.6) is 0 Å². The summed E-state index contributed by atoms with van der Waals surface area (Å²) in [4.78, 5) is 32.4. The highest BCUT2D eigenvalue weighted by Gasteiger charge is 2.42. The summed E-state index contributed by atoms with van der Waals surface area (Å²) >= 11 is 0. The highest BCUT2D eigenvalue weighted by Crippen LogP contribution is 2.37. The number of imidazole rings is 1. The number of carbonyl (C=O) groups is 1. The number of amides is 1. The first-order chi connectivity index (χ1) is 30.1. The molecule has 0 radical (unpaired) electrons. The Balaban J connectivity index is 0.801. The van der Waals surface area contributed by atoms with Crippen molar-refractivity contribution in [3.05, 3.63) is 117 Å². The smallest absolute Gasteiger partial charge is 0.418 e. The third kappa shape index (κ3) is 10.7. The highest BCUT2D eigenvalue weighted by molar-refractivity contribution is 5.68. The molecular formula is C46H57F3N8O6. The van der Waals surface area contributed by atoms with Crippen LogP contribution in [-0.2, 0) is 63.7 Å². The zero-order valence-electron chi connectivity index (χ0n) is 36.5. The van der Waals surface area contributed by atoms with Crippen LogP contribution in [0.4, 0.5) is 18.0 Å². The summed E-state index contributed by atoms with van der Waals surface area (Å²) in [5.41, 5.74) is 1.57. The van der Waals surface area contributed by atoms with E-state index in [4.69, 9.17) is 18.9 Å². The summed E-state index contributed by atoms with van der Waals surface area (Å²) in [5, 5.41) is 8.23. The van der Waals surface area contributed by atoms with Gasteiger partial charge in [0.25, 0.3) is 0 Å². The molecule has 2 aromatic carbocycles. The number of aryl methyl sites for hydroxylation is 1. The number of rotatable bonds is 14. The fourth-order valence-corrected chi connectivity index (χ4v) is 8.59. The maximum Gasteiger partial charge on any atom is 0.418 e. The van der Waals surface area contributed by atoms with Gasteiger partial charge in [0.1, 0.15) is 17.8 Å². The fourth-order valence-electron chi connectivity index (χ4n) is 8.59. The Labute approximate surface area is 365 Å². The topological polar surface area (TPSA) is 121 Å². The van der Waals surface area contributed by atoms with Gasteiger partial charge < -0.3 is 28.4 Å². The summed E-state index contributed by atoms with van der Waals surface area (Å²) in [6.45, 7) is 13.2. The van der Waals surface area contributed by atoms with E-state index in [0.717, 1.165) is 53.8 Å². The Morgan fingerprint density at radius 3 is 2.22 bits per heavy atom. The third-order valence-electron chi connectivity index (χ3n) is 12.2. The number of carbonyl (C=O) groups excluding carboxylic acids is 1. The lowest BCUT2D eigenvalue weighted by molar-refractivity contribution is -0.136. The zero-order chi connectivity index (χ0) is 44.4. The summed E-state index contributed by atoms with van der Waals surface area (Å²) in [6, 6.07) is 16.9. The molecule has 0 aliphatic carbocycles. The Kier molecular flexibility index (Phi) is 13.1. The maximum absolute atomic E-state index is 14.6. The van der Waals surface area contributed by atoms with Gasteiger partial charge in [-0.15, -0.1) is 10.2 Å². The SMILES string of the molecule is Cn1cnnc1CC1(c2cccc(-n3cc4c(C(F)(F)F)cc(CN5CCC(OCCOCc6ccc(CN7CCN(C(=O)OC(C)(C)C)CC7)cc6)CC5)cn4c3=O)c2)COC1. The lowest BCUT2D eigenvalue weighted by Gasteiger charge is -2.41. The summed E-state index contributed by atoms with van der Waals surface area (Å²) < 4.78 is 71.2. The van der Waals surface area contributed by atoms with Gasteiger partial charge in [-0.25, -0.2) is 9.59 Å². The van der Waals surface area contributed by atoms with Crippen LogP contribution >= 0.6 is 0 Å². The standard InChI is InChI=1S/C46H57F3N8O6/c1-44(2,3)63-43(59)55-18-16-54(17-19-55)25-33-8-10-34(11-9-33)29-60-20-21-62-38-12-14-53(15-13-38)26-35-22-39(46(47,48)49)40-28-56(42(58)57(40)27-35)37-7-5-6-36(23-37)45(30-61-31-45)24-41-51-50-32-52(41)4/h5-11,22-23,27-28,32,38H,12-21,24-26,29-31H2,1-4H3. The van der Waals surface area contributed by atoms with Gasteiger partial charge in [-0.05, 0) is 74.1 Å². The lowest BCUT2D eigenvalue weighted by Crippen LogP contribution is -2.49. The summed E-state index contributed by atoms with van der Waals surface area (Å²) in [6.07, 6.45) is 1.61. The van der Waals surface area contributed by atoms with Crippen LogP contribution in [-0.4, -0.2) is 122 Å². The molecule has 0 saturated carbocycles. The number of hydrogen-bond donors (Lipinski definition) is 0. The van der Waals surface area contributed by atoms with Gasteiger partial charge in [0.2, 0.25) is 0 Å². The lowest BCUT2D eigenvalue weighted by atomic mass is 9.75. The van der Waals surface area contributed by atoms with Crippen molar-refractivity contribution in [2.75, 3.05) is 65.7 Å². The van der Waals surface area contributed by atoms with E-state index in [1.165, 1.54) is 28.6 Å². The Morgan fingerprint density at radius 1 is 0.873 bits per heavy atom. The molecule has 3 saturated heterocycles. The highest BCUT2D eigenvalue weighted by atomic mass is 19.4. The Morgan fingerprint density at radius 2 is 1.57 bits per heavy atom. The predicted molar refractivity (Wildman–Crippen MR) is 229 cm³/mol. The van der Waals surface area contributed by atoms with E-state index in [1.807, 2.05) is 50.6 Å². The van der Waals surface area contributed by atoms with E-state index in [-0.39, 0.29) is 24.3 Å². The van der Waals surface area contributed by atoms with Crippen LogP contribution in [0.25, 0.3) is 11.2 Å². The number of nitrogens with zero attached hydrogens (tertiary/aromatic N) is 8. The molecule has 1 amide bonds. The van der Waals surface area contributed by atoms with Crippen molar-refractivity contribution in [3.63, 3.8) is 0 Å². The molecule has 3 aliphatic heterocycles. The van der Waals surface area contributed by atoms with E-state index >= 15 is 0 Å². The molecule has 0 bridgehead atoms. The van der Waals surface area contributed by atoms with Crippen molar-refractivity contribution in [3.8, 4) is 5.69 Å². The fraction of sp³-hybridized carbons (Fsp3) is 0.522. The monoisotopic (exact) mass is 874 g/mol. The van der Waals surface area contributed by atoms with E-state index in [9.17, 15) is 22.8 Å². The second-order valence-corrected chi connectivity index (χ2v) is 18.1. The average Bonchev–Trinajstić information content (AvgIpc) is 3.80. The molecule has 3 fully saturated rings. The first-order valence-corrected chi connectivity index (χ1v) is 21.7. The van der Waals surface area contributed by atoms with Gasteiger partial charge in [-0.1, -0.05) is 36.4 Å². The molecule has 338 valence electrons. The average molecular weight is 875 g/mol. The number of ether oxygens (including phenoxy) is 4. The van der Waals surface area contributed by atoms with E-state index < -0.39 is 28.4 Å². The summed E-state index contributed by atoms with van der Waals surface area (Å²) in [5.74, 6) is 0.788. The van der Waals surface area contributed by atoms with Crippen molar-refractivity contribution in [1.82, 2.24) is 38.4 Å². The maximum atomic E-state index is 14.6. The number of hydrogen-bond acceptors (Lipinski definition) is 10. The van der Waals surface area contributed by atoms with Gasteiger partial charge in [0, 0.05) is 83.6 Å².